The predicted octanol–water partition coefficient (Wildman–Crippen LogP) is 5.21. The molecular weight excluding hydrogens is 321 g/mol. The first-order chi connectivity index (χ1) is 9.38. The molecule has 0 amide bonds. The molecule has 1 aromatic carbocycles. The summed E-state index contributed by atoms with van der Waals surface area (Å²) in [5.74, 6) is 1.60. The van der Waals surface area contributed by atoms with Crippen LogP contribution < -0.4 is 5.32 Å². The Labute approximate surface area is 127 Å². The summed E-state index contributed by atoms with van der Waals surface area (Å²) >= 11 is 3.27. The second-order valence-electron chi connectivity index (χ2n) is 5.14. The Kier molecular flexibility index (Phi) is 4.66. The fourth-order valence-electron chi connectivity index (χ4n) is 2.49. The number of benzene rings is 1. The van der Waals surface area contributed by atoms with E-state index in [9.17, 15) is 4.39 Å². The normalized spacial score (nSPS) is 14.3. The van der Waals surface area contributed by atoms with E-state index in [1.165, 1.54) is 6.07 Å². The molecule has 0 saturated heterocycles. The maximum Gasteiger partial charge on any atom is 0.129 e. The van der Waals surface area contributed by atoms with Crippen LogP contribution in [0, 0.1) is 19.7 Å². The van der Waals surface area contributed by atoms with Crippen LogP contribution in [0.5, 0.6) is 0 Å². The van der Waals surface area contributed by atoms with Crippen LogP contribution in [0.1, 0.15) is 48.6 Å². The SMILES string of the molecule is Cc1cc(C(C)NC(C)c2ccc(Br)cc2F)c(C)o1. The maximum absolute atomic E-state index is 13.9. The number of aryl methyl sites for hydroxylation is 2. The van der Waals surface area contributed by atoms with Gasteiger partial charge in [-0.2, -0.15) is 0 Å². The molecule has 0 aliphatic heterocycles. The third-order valence-electron chi connectivity index (χ3n) is 3.47. The third-order valence-corrected chi connectivity index (χ3v) is 3.97. The Balaban J connectivity index is 2.14. The van der Waals surface area contributed by atoms with Gasteiger partial charge in [-0.15, -0.1) is 0 Å². The molecule has 2 nitrogen and oxygen atoms in total. The molecule has 4 heteroatoms. The van der Waals surface area contributed by atoms with Crippen LogP contribution in [0.3, 0.4) is 0 Å². The first-order valence-electron chi connectivity index (χ1n) is 6.66. The summed E-state index contributed by atoms with van der Waals surface area (Å²) in [6, 6.07) is 7.20. The van der Waals surface area contributed by atoms with Crippen molar-refractivity contribution in [2.45, 2.75) is 39.8 Å². The molecule has 0 fully saturated rings. The van der Waals surface area contributed by atoms with Gasteiger partial charge < -0.3 is 9.73 Å². The molecule has 1 N–H and O–H groups in total. The molecule has 2 unspecified atom stereocenters. The van der Waals surface area contributed by atoms with Crippen LogP contribution in [0.15, 0.2) is 33.2 Å². The van der Waals surface area contributed by atoms with Gasteiger partial charge in [-0.3, -0.25) is 0 Å². The first-order valence-corrected chi connectivity index (χ1v) is 7.45. The molecule has 0 aliphatic rings. The Bertz CT molecular complexity index is 609. The van der Waals surface area contributed by atoms with E-state index in [0.717, 1.165) is 21.6 Å². The summed E-state index contributed by atoms with van der Waals surface area (Å²) in [6.45, 7) is 7.90. The zero-order valence-electron chi connectivity index (χ0n) is 12.1. The molecule has 108 valence electrons. The van der Waals surface area contributed by atoms with Gasteiger partial charge in [-0.1, -0.05) is 22.0 Å². The van der Waals surface area contributed by atoms with Crippen molar-refractivity contribution in [2.24, 2.45) is 0 Å². The van der Waals surface area contributed by atoms with Crippen LogP contribution in [-0.4, -0.2) is 0 Å². The zero-order chi connectivity index (χ0) is 14.9. The molecular formula is C16H19BrFNO. The highest BCUT2D eigenvalue weighted by molar-refractivity contribution is 9.10. The van der Waals surface area contributed by atoms with E-state index < -0.39 is 0 Å². The number of hydrogen-bond donors (Lipinski definition) is 1. The molecule has 1 heterocycles. The van der Waals surface area contributed by atoms with E-state index in [-0.39, 0.29) is 17.9 Å². The Morgan fingerprint density at radius 2 is 1.75 bits per heavy atom. The summed E-state index contributed by atoms with van der Waals surface area (Å²) < 4.78 is 20.2. The molecule has 2 aromatic rings. The van der Waals surface area contributed by atoms with E-state index in [2.05, 4.69) is 28.2 Å². The lowest BCUT2D eigenvalue weighted by Crippen LogP contribution is -2.23. The van der Waals surface area contributed by atoms with Crippen molar-refractivity contribution in [2.75, 3.05) is 0 Å². The molecule has 2 rings (SSSR count). The van der Waals surface area contributed by atoms with Crippen molar-refractivity contribution < 1.29 is 8.81 Å². The topological polar surface area (TPSA) is 25.2 Å². The lowest BCUT2D eigenvalue weighted by atomic mass is 10.0. The van der Waals surface area contributed by atoms with Gasteiger partial charge in [0, 0.05) is 27.7 Å². The summed E-state index contributed by atoms with van der Waals surface area (Å²) in [4.78, 5) is 0. The highest BCUT2D eigenvalue weighted by atomic mass is 79.9. The van der Waals surface area contributed by atoms with E-state index in [0.29, 0.717) is 5.56 Å². The quantitative estimate of drug-likeness (QED) is 0.826. The van der Waals surface area contributed by atoms with Gasteiger partial charge in [-0.25, -0.2) is 4.39 Å². The first kappa shape index (κ1) is 15.3. The van der Waals surface area contributed by atoms with E-state index in [1.807, 2.05) is 32.9 Å². The van der Waals surface area contributed by atoms with Crippen LogP contribution >= 0.6 is 15.9 Å². The minimum absolute atomic E-state index is 0.0762. The largest absolute Gasteiger partial charge is 0.466 e. The third kappa shape index (κ3) is 3.30. The molecule has 0 spiro atoms. The minimum atomic E-state index is -0.202. The predicted molar refractivity (Wildman–Crippen MR) is 82.2 cm³/mol. The second-order valence-corrected chi connectivity index (χ2v) is 6.06. The highest BCUT2D eigenvalue weighted by Crippen LogP contribution is 2.26. The second kappa shape index (κ2) is 6.10. The van der Waals surface area contributed by atoms with E-state index >= 15 is 0 Å². The van der Waals surface area contributed by atoms with Crippen molar-refractivity contribution in [1.29, 1.82) is 0 Å². The fraction of sp³-hybridized carbons (Fsp3) is 0.375. The number of furan rings is 1. The van der Waals surface area contributed by atoms with Crippen molar-refractivity contribution in [1.82, 2.24) is 5.32 Å². The maximum atomic E-state index is 13.9. The average Bonchev–Trinajstić information content (AvgIpc) is 2.68. The van der Waals surface area contributed by atoms with Crippen LogP contribution in [0.2, 0.25) is 0 Å². The van der Waals surface area contributed by atoms with Gasteiger partial charge in [0.1, 0.15) is 17.3 Å². The minimum Gasteiger partial charge on any atom is -0.466 e. The molecule has 1 aromatic heterocycles. The summed E-state index contributed by atoms with van der Waals surface area (Å²) in [5.41, 5.74) is 1.78. The van der Waals surface area contributed by atoms with Gasteiger partial charge in [0.05, 0.1) is 0 Å². The number of halogens is 2. The number of rotatable bonds is 4. The molecule has 0 saturated carbocycles. The van der Waals surface area contributed by atoms with Crippen molar-refractivity contribution in [3.05, 3.63) is 57.2 Å². The van der Waals surface area contributed by atoms with Gasteiger partial charge in [-0.05, 0) is 45.9 Å². The Hall–Kier alpha value is -1.13. The molecule has 0 aliphatic carbocycles. The van der Waals surface area contributed by atoms with Crippen molar-refractivity contribution in [3.63, 3.8) is 0 Å². The monoisotopic (exact) mass is 339 g/mol. The standard InChI is InChI=1S/C16H19BrFNO/c1-9-7-15(12(4)20-9)11(3)19-10(2)14-6-5-13(17)8-16(14)18/h5-8,10-11,19H,1-4H3. The van der Waals surface area contributed by atoms with Crippen molar-refractivity contribution >= 4 is 15.9 Å². The zero-order valence-corrected chi connectivity index (χ0v) is 13.7. The molecule has 0 bridgehead atoms. The summed E-state index contributed by atoms with van der Waals surface area (Å²) in [5, 5.41) is 3.41. The lowest BCUT2D eigenvalue weighted by molar-refractivity contribution is 0.458. The van der Waals surface area contributed by atoms with Crippen molar-refractivity contribution in [3.8, 4) is 0 Å². The summed E-state index contributed by atoms with van der Waals surface area (Å²) in [6.07, 6.45) is 0. The smallest absolute Gasteiger partial charge is 0.129 e. The Morgan fingerprint density at radius 3 is 2.30 bits per heavy atom. The molecule has 0 radical (unpaired) electrons. The van der Waals surface area contributed by atoms with Crippen LogP contribution in [0.4, 0.5) is 4.39 Å². The van der Waals surface area contributed by atoms with Gasteiger partial charge in [0.15, 0.2) is 0 Å². The molecule has 2 atom stereocenters. The van der Waals surface area contributed by atoms with Crippen LogP contribution in [-0.2, 0) is 0 Å². The number of hydrogen-bond acceptors (Lipinski definition) is 2. The molecule has 20 heavy (non-hydrogen) atoms. The fourth-order valence-corrected chi connectivity index (χ4v) is 2.82. The highest BCUT2D eigenvalue weighted by Gasteiger charge is 2.17. The number of nitrogens with one attached hydrogen (secondary N) is 1. The lowest BCUT2D eigenvalue weighted by Gasteiger charge is -2.20. The van der Waals surface area contributed by atoms with E-state index in [4.69, 9.17) is 4.42 Å². The van der Waals surface area contributed by atoms with Crippen LogP contribution in [0.25, 0.3) is 0 Å². The van der Waals surface area contributed by atoms with E-state index in [1.54, 1.807) is 6.07 Å². The van der Waals surface area contributed by atoms with Gasteiger partial charge in [0.25, 0.3) is 0 Å². The summed E-state index contributed by atoms with van der Waals surface area (Å²) in [7, 11) is 0. The van der Waals surface area contributed by atoms with Gasteiger partial charge in [0.2, 0.25) is 0 Å². The Morgan fingerprint density at radius 1 is 1.10 bits per heavy atom. The average molecular weight is 340 g/mol. The van der Waals surface area contributed by atoms with Gasteiger partial charge >= 0.3 is 0 Å².